The lowest BCUT2D eigenvalue weighted by molar-refractivity contribution is 0.0934. The van der Waals surface area contributed by atoms with Gasteiger partial charge in [-0.25, -0.2) is 4.39 Å². The van der Waals surface area contributed by atoms with E-state index in [1.807, 2.05) is 6.92 Å². The van der Waals surface area contributed by atoms with E-state index in [-0.39, 0.29) is 23.1 Å². The van der Waals surface area contributed by atoms with Gasteiger partial charge in [-0.2, -0.15) is 0 Å². The summed E-state index contributed by atoms with van der Waals surface area (Å²) in [7, 11) is 1.60. The summed E-state index contributed by atoms with van der Waals surface area (Å²) < 4.78 is 18.3. The van der Waals surface area contributed by atoms with Crippen molar-refractivity contribution in [2.45, 2.75) is 6.92 Å². The van der Waals surface area contributed by atoms with Crippen LogP contribution >= 0.6 is 0 Å². The van der Waals surface area contributed by atoms with E-state index in [1.165, 1.54) is 18.2 Å². The molecule has 1 aromatic rings. The van der Waals surface area contributed by atoms with Crippen molar-refractivity contribution < 1.29 is 13.9 Å². The number of nitrogens with one attached hydrogen (secondary N) is 2. The molecule has 0 heterocycles. The maximum absolute atomic E-state index is 13.4. The Morgan fingerprint density at radius 1 is 1.56 bits per heavy atom. The van der Waals surface area contributed by atoms with Crippen molar-refractivity contribution >= 4 is 11.6 Å². The number of hydrogen-bond donors (Lipinski definition) is 3. The second-order valence-electron chi connectivity index (χ2n) is 4.08. The molecule has 0 aliphatic heterocycles. The summed E-state index contributed by atoms with van der Waals surface area (Å²) in [6.45, 7) is 2.94. The van der Waals surface area contributed by atoms with Crippen molar-refractivity contribution in [1.29, 1.82) is 0 Å². The summed E-state index contributed by atoms with van der Waals surface area (Å²) in [5, 5.41) is 2.70. The van der Waals surface area contributed by atoms with Crippen LogP contribution in [0, 0.1) is 11.7 Å². The van der Waals surface area contributed by atoms with Crippen LogP contribution in [0.5, 0.6) is 0 Å². The third kappa shape index (κ3) is 3.68. The standard InChI is InChI=1S/C12H18FN3O2/c1-8(7-18-2)6-15-12(17)9-4-3-5-10(13)11(9)16-14/h3-5,8,16H,6-7,14H2,1-2H3,(H,15,17). The van der Waals surface area contributed by atoms with E-state index in [2.05, 4.69) is 10.7 Å². The maximum atomic E-state index is 13.4. The molecule has 0 saturated heterocycles. The van der Waals surface area contributed by atoms with Crippen LogP contribution in [-0.4, -0.2) is 26.2 Å². The lowest BCUT2D eigenvalue weighted by Crippen LogP contribution is -2.31. The number of carbonyl (C=O) groups excluding carboxylic acids is 1. The van der Waals surface area contributed by atoms with Crippen LogP contribution in [0.25, 0.3) is 0 Å². The van der Waals surface area contributed by atoms with E-state index in [0.717, 1.165) is 0 Å². The van der Waals surface area contributed by atoms with Crippen molar-refractivity contribution in [3.63, 3.8) is 0 Å². The van der Waals surface area contributed by atoms with Crippen LogP contribution in [0.2, 0.25) is 0 Å². The van der Waals surface area contributed by atoms with Crippen LogP contribution in [0.1, 0.15) is 17.3 Å². The van der Waals surface area contributed by atoms with Gasteiger partial charge in [-0.3, -0.25) is 10.6 Å². The van der Waals surface area contributed by atoms with Gasteiger partial charge in [0.2, 0.25) is 0 Å². The van der Waals surface area contributed by atoms with Gasteiger partial charge in [0.05, 0.1) is 17.9 Å². The van der Waals surface area contributed by atoms with Gasteiger partial charge in [-0.15, -0.1) is 0 Å². The Kier molecular flexibility index (Phi) is 5.54. The number of nitrogens with two attached hydrogens (primary N) is 1. The average molecular weight is 255 g/mol. The Labute approximate surface area is 105 Å². The second-order valence-corrected chi connectivity index (χ2v) is 4.08. The molecule has 0 aliphatic rings. The van der Waals surface area contributed by atoms with Crippen molar-refractivity contribution in [3.05, 3.63) is 29.6 Å². The van der Waals surface area contributed by atoms with Crippen LogP contribution in [0.4, 0.5) is 10.1 Å². The Hall–Kier alpha value is -1.66. The van der Waals surface area contributed by atoms with Crippen molar-refractivity contribution in [2.75, 3.05) is 25.7 Å². The van der Waals surface area contributed by atoms with Crippen molar-refractivity contribution in [1.82, 2.24) is 5.32 Å². The van der Waals surface area contributed by atoms with Gasteiger partial charge in [0.15, 0.2) is 0 Å². The molecule has 1 aromatic carbocycles. The lowest BCUT2D eigenvalue weighted by Gasteiger charge is -2.13. The molecule has 0 saturated carbocycles. The first-order valence-electron chi connectivity index (χ1n) is 5.62. The Balaban J connectivity index is 2.70. The first-order chi connectivity index (χ1) is 8.60. The smallest absolute Gasteiger partial charge is 0.253 e. The minimum atomic E-state index is -0.560. The van der Waals surface area contributed by atoms with Gasteiger partial charge in [0.1, 0.15) is 5.82 Å². The predicted molar refractivity (Wildman–Crippen MR) is 67.6 cm³/mol. The molecule has 0 spiro atoms. The normalized spacial score (nSPS) is 12.0. The minimum Gasteiger partial charge on any atom is -0.384 e. The zero-order valence-corrected chi connectivity index (χ0v) is 10.5. The third-order valence-electron chi connectivity index (χ3n) is 2.46. The summed E-state index contributed by atoms with van der Waals surface area (Å²) in [6.07, 6.45) is 0. The second kappa shape index (κ2) is 6.93. The van der Waals surface area contributed by atoms with E-state index in [4.69, 9.17) is 10.6 Å². The quantitative estimate of drug-likeness (QED) is 0.526. The highest BCUT2D eigenvalue weighted by atomic mass is 19.1. The van der Waals surface area contributed by atoms with Crippen molar-refractivity contribution in [2.24, 2.45) is 11.8 Å². The molecule has 1 atom stereocenters. The van der Waals surface area contributed by atoms with Crippen LogP contribution in [0.15, 0.2) is 18.2 Å². The molecule has 6 heteroatoms. The van der Waals surface area contributed by atoms with Gasteiger partial charge < -0.3 is 15.5 Å². The molecule has 0 fully saturated rings. The van der Waals surface area contributed by atoms with Gasteiger partial charge in [-0.1, -0.05) is 13.0 Å². The number of methoxy groups -OCH3 is 1. The zero-order chi connectivity index (χ0) is 13.5. The Morgan fingerprint density at radius 2 is 2.28 bits per heavy atom. The molecule has 1 amide bonds. The molecule has 1 rings (SSSR count). The number of hydrazine groups is 1. The molecule has 18 heavy (non-hydrogen) atoms. The van der Waals surface area contributed by atoms with Crippen molar-refractivity contribution in [3.8, 4) is 0 Å². The summed E-state index contributed by atoms with van der Waals surface area (Å²) in [6, 6.07) is 4.21. The first-order valence-corrected chi connectivity index (χ1v) is 5.62. The summed E-state index contributed by atoms with van der Waals surface area (Å²) in [4.78, 5) is 11.9. The Bertz CT molecular complexity index is 412. The van der Waals surface area contributed by atoms with Gasteiger partial charge in [-0.05, 0) is 18.1 Å². The number of halogens is 1. The third-order valence-corrected chi connectivity index (χ3v) is 2.46. The van der Waals surface area contributed by atoms with Gasteiger partial charge in [0.25, 0.3) is 5.91 Å². The van der Waals surface area contributed by atoms with E-state index in [0.29, 0.717) is 13.2 Å². The SMILES string of the molecule is COCC(C)CNC(=O)c1cccc(F)c1NN. The number of anilines is 1. The number of carbonyl (C=O) groups is 1. The molecule has 0 aromatic heterocycles. The molecule has 1 unspecified atom stereocenters. The summed E-state index contributed by atoms with van der Waals surface area (Å²) in [5.74, 6) is 4.46. The molecule has 0 aliphatic carbocycles. The largest absolute Gasteiger partial charge is 0.384 e. The number of hydrogen-bond acceptors (Lipinski definition) is 4. The highest BCUT2D eigenvalue weighted by molar-refractivity contribution is 5.99. The van der Waals surface area contributed by atoms with E-state index in [1.54, 1.807) is 7.11 Å². The summed E-state index contributed by atoms with van der Waals surface area (Å²) >= 11 is 0. The number of nitrogen functional groups attached to an aromatic ring is 1. The molecular weight excluding hydrogens is 237 g/mol. The van der Waals surface area contributed by atoms with E-state index in [9.17, 15) is 9.18 Å². The molecule has 100 valence electrons. The zero-order valence-electron chi connectivity index (χ0n) is 10.5. The molecule has 4 N–H and O–H groups in total. The first kappa shape index (κ1) is 14.4. The number of amides is 1. The highest BCUT2D eigenvalue weighted by Crippen LogP contribution is 2.18. The highest BCUT2D eigenvalue weighted by Gasteiger charge is 2.14. The monoisotopic (exact) mass is 255 g/mol. The van der Waals surface area contributed by atoms with Crippen LogP contribution in [-0.2, 0) is 4.74 Å². The van der Waals surface area contributed by atoms with E-state index < -0.39 is 5.82 Å². The summed E-state index contributed by atoms with van der Waals surface area (Å²) in [5.41, 5.74) is 2.37. The predicted octanol–water partition coefficient (Wildman–Crippen LogP) is 1.12. The topological polar surface area (TPSA) is 76.4 Å². The Morgan fingerprint density at radius 3 is 2.89 bits per heavy atom. The molecular formula is C12H18FN3O2. The lowest BCUT2D eigenvalue weighted by atomic mass is 10.1. The number of rotatable bonds is 6. The number of ether oxygens (including phenoxy) is 1. The van der Waals surface area contributed by atoms with Crippen LogP contribution in [0.3, 0.4) is 0 Å². The maximum Gasteiger partial charge on any atom is 0.253 e. The average Bonchev–Trinajstić information content (AvgIpc) is 2.36. The van der Waals surface area contributed by atoms with E-state index >= 15 is 0 Å². The fraction of sp³-hybridized carbons (Fsp3) is 0.417. The molecule has 0 bridgehead atoms. The molecule has 0 radical (unpaired) electrons. The fourth-order valence-electron chi connectivity index (χ4n) is 1.57. The van der Waals surface area contributed by atoms with Gasteiger partial charge >= 0.3 is 0 Å². The number of benzene rings is 1. The minimum absolute atomic E-state index is 0.00519. The van der Waals surface area contributed by atoms with Crippen LogP contribution < -0.4 is 16.6 Å². The van der Waals surface area contributed by atoms with Gasteiger partial charge in [0, 0.05) is 13.7 Å². The number of para-hydroxylation sites is 1. The molecule has 5 nitrogen and oxygen atoms in total. The fourth-order valence-corrected chi connectivity index (χ4v) is 1.57.